The summed E-state index contributed by atoms with van der Waals surface area (Å²) in [6.45, 7) is 4.24. The molecule has 1 aromatic heterocycles. The molecule has 2 aliphatic heterocycles. The number of carboxylic acids is 2. The molecule has 438 valence electrons. The second-order valence-corrected chi connectivity index (χ2v) is 20.2. The number of benzene rings is 2. The minimum absolute atomic E-state index is 0.119. The van der Waals surface area contributed by atoms with Gasteiger partial charge in [0, 0.05) is 37.7 Å². The standard InChI is InChI=1S/C52H69N13O16/c1-26(2)17-33(44(72)59-35(19-28-9-13-31(67)14-10-28)46(74)61-37(22-42(54)69)48(76)64-39(52(80)81)20-29-24-55-25-57-29)58-45(73)34(18-27-7-11-30(66)12-8-27)60-47(75)36(21-41(53)68)62-49(77)38(23-43(70)71)63-50(78)40-6-4-16-65(40)51(79)32-5-3-15-56-32/h7-14,24-26,32-40,56,66-67H,3-6,15-23H2,1-2H3,(H2,53,68)(H2,54,69)(H,55,57)(H,58,73)(H,59,72)(H,60,75)(H,61,74)(H,62,77)(H,63,78)(H,64,76)(H,70,71)(H,80,81)/t32-,33-,34-,35-,36-,37-,38-,39-,40-/m0/s1. The largest absolute Gasteiger partial charge is 0.508 e. The molecule has 10 amide bonds. The zero-order valence-electron chi connectivity index (χ0n) is 44.5. The average Bonchev–Trinajstić information content (AvgIpc) is 4.24. The molecule has 3 aromatic rings. The van der Waals surface area contributed by atoms with E-state index in [9.17, 15) is 78.0 Å². The molecule has 2 aromatic carbocycles. The van der Waals surface area contributed by atoms with Crippen LogP contribution in [0.2, 0.25) is 0 Å². The van der Waals surface area contributed by atoms with Crippen molar-refractivity contribution in [2.24, 2.45) is 17.4 Å². The maximum atomic E-state index is 14.5. The minimum atomic E-state index is -1.91. The Labute approximate surface area is 463 Å². The summed E-state index contributed by atoms with van der Waals surface area (Å²) in [5.74, 6) is -13.7. The molecular formula is C52H69N13O16. The Bertz CT molecular complexity index is 2750. The van der Waals surface area contributed by atoms with Crippen LogP contribution in [0.3, 0.4) is 0 Å². The first kappa shape index (κ1) is 62.7. The number of nitrogens with one attached hydrogen (secondary N) is 9. The number of nitrogens with two attached hydrogens (primary N) is 2. The first-order valence-electron chi connectivity index (χ1n) is 26.1. The summed E-state index contributed by atoms with van der Waals surface area (Å²) in [4.78, 5) is 169. The SMILES string of the molecule is CC(C)C[C@H](NC(=O)[C@H](Cc1ccc(O)cc1)NC(=O)[C@H](CC(N)=O)NC(=O)[C@H](CC(=O)O)NC(=O)[C@@H]1CCCN1C(=O)[C@@H]1CCCN1)C(=O)N[C@@H](Cc1ccc(O)cc1)C(=O)N[C@@H](CC(N)=O)C(=O)N[C@@H](Cc1cnc[nH]1)C(=O)O. The average molecular weight is 1130 g/mol. The van der Waals surface area contributed by atoms with Crippen LogP contribution < -0.4 is 54.0 Å². The highest BCUT2D eigenvalue weighted by Gasteiger charge is 2.41. The molecule has 5 rings (SSSR count). The topological polar surface area (TPSA) is 466 Å². The highest BCUT2D eigenvalue weighted by molar-refractivity contribution is 6.00. The van der Waals surface area contributed by atoms with E-state index in [0.29, 0.717) is 36.2 Å². The molecule has 0 unspecified atom stereocenters. The molecule has 29 nitrogen and oxygen atoms in total. The van der Waals surface area contributed by atoms with Crippen LogP contribution in [0.4, 0.5) is 0 Å². The van der Waals surface area contributed by atoms with E-state index in [1.165, 1.54) is 66.0 Å². The number of phenols is 2. The summed E-state index contributed by atoms with van der Waals surface area (Å²) >= 11 is 0. The van der Waals surface area contributed by atoms with Gasteiger partial charge in [-0.15, -0.1) is 0 Å². The van der Waals surface area contributed by atoms with Gasteiger partial charge in [0.25, 0.3) is 0 Å². The van der Waals surface area contributed by atoms with Gasteiger partial charge < -0.3 is 84.3 Å². The van der Waals surface area contributed by atoms with Crippen molar-refractivity contribution in [3.63, 3.8) is 0 Å². The highest BCUT2D eigenvalue weighted by atomic mass is 16.4. The number of likely N-dealkylation sites (tertiary alicyclic amines) is 1. The van der Waals surface area contributed by atoms with Crippen molar-refractivity contribution in [3.05, 3.63) is 77.9 Å². The molecule has 29 heteroatoms. The number of aromatic nitrogens is 2. The summed E-state index contributed by atoms with van der Waals surface area (Å²) < 4.78 is 0. The fourth-order valence-corrected chi connectivity index (χ4v) is 9.18. The van der Waals surface area contributed by atoms with Gasteiger partial charge in [-0.1, -0.05) is 38.1 Å². The summed E-state index contributed by atoms with van der Waals surface area (Å²) in [5, 5.41) is 59.5. The molecule has 3 heterocycles. The number of carbonyl (C=O) groups excluding carboxylic acids is 10. The first-order valence-corrected chi connectivity index (χ1v) is 26.1. The second-order valence-electron chi connectivity index (χ2n) is 20.2. The molecule has 2 aliphatic rings. The zero-order valence-corrected chi connectivity index (χ0v) is 44.5. The number of phenolic OH excluding ortho intramolecular Hbond substituents is 2. The zero-order chi connectivity index (χ0) is 59.5. The fourth-order valence-electron chi connectivity index (χ4n) is 9.18. The number of aliphatic carboxylic acids is 2. The van der Waals surface area contributed by atoms with Gasteiger partial charge in [0.2, 0.25) is 59.1 Å². The van der Waals surface area contributed by atoms with E-state index >= 15 is 0 Å². The van der Waals surface area contributed by atoms with E-state index in [2.05, 4.69) is 52.5 Å². The predicted octanol–water partition coefficient (Wildman–Crippen LogP) is -3.66. The predicted molar refractivity (Wildman–Crippen MR) is 282 cm³/mol. The molecule has 0 saturated carbocycles. The number of aromatic amines is 1. The number of carboxylic acid groups (broad SMARTS) is 2. The maximum Gasteiger partial charge on any atom is 0.326 e. The number of rotatable bonds is 30. The van der Waals surface area contributed by atoms with Crippen molar-refractivity contribution in [1.82, 2.24) is 57.4 Å². The molecule has 0 radical (unpaired) electrons. The van der Waals surface area contributed by atoms with Crippen LogP contribution in [-0.4, -0.2) is 174 Å². The Kier molecular flexibility index (Phi) is 23.0. The third-order valence-corrected chi connectivity index (χ3v) is 13.2. The van der Waals surface area contributed by atoms with E-state index in [-0.39, 0.29) is 62.0 Å². The van der Waals surface area contributed by atoms with Gasteiger partial charge in [0.05, 0.1) is 31.6 Å². The van der Waals surface area contributed by atoms with Crippen molar-refractivity contribution < 1.29 is 78.0 Å². The van der Waals surface area contributed by atoms with Crippen molar-refractivity contribution in [3.8, 4) is 11.5 Å². The van der Waals surface area contributed by atoms with Gasteiger partial charge in [-0.05, 0) is 80.0 Å². The number of amides is 10. The summed E-state index contributed by atoms with van der Waals surface area (Å²) in [6.07, 6.45) is 0.749. The van der Waals surface area contributed by atoms with Gasteiger partial charge in [-0.25, -0.2) is 9.78 Å². The lowest BCUT2D eigenvalue weighted by Crippen LogP contribution is -2.61. The van der Waals surface area contributed by atoms with Crippen LogP contribution in [0, 0.1) is 5.92 Å². The maximum absolute atomic E-state index is 14.5. The summed E-state index contributed by atoms with van der Waals surface area (Å²) in [7, 11) is 0. The van der Waals surface area contributed by atoms with Gasteiger partial charge in [-0.2, -0.15) is 0 Å². The molecule has 0 aliphatic carbocycles. The number of carbonyl (C=O) groups is 12. The van der Waals surface area contributed by atoms with Gasteiger partial charge in [0.15, 0.2) is 0 Å². The monoisotopic (exact) mass is 1130 g/mol. The first-order chi connectivity index (χ1) is 38.4. The van der Waals surface area contributed by atoms with E-state index in [1.807, 2.05) is 0 Å². The molecule has 2 saturated heterocycles. The normalized spacial score (nSPS) is 17.4. The molecule has 0 bridgehead atoms. The number of nitrogens with zero attached hydrogens (tertiary/aromatic N) is 2. The van der Waals surface area contributed by atoms with Gasteiger partial charge in [-0.3, -0.25) is 52.7 Å². The fraction of sp³-hybridized carbons (Fsp3) is 0.481. The van der Waals surface area contributed by atoms with Crippen LogP contribution in [0.1, 0.15) is 82.0 Å². The number of imidazole rings is 1. The number of H-pyrrole nitrogens is 1. The van der Waals surface area contributed by atoms with E-state index in [4.69, 9.17) is 11.5 Å². The van der Waals surface area contributed by atoms with Crippen molar-refractivity contribution in [1.29, 1.82) is 0 Å². The Morgan fingerprint density at radius 2 is 1.05 bits per heavy atom. The van der Waals surface area contributed by atoms with E-state index in [1.54, 1.807) is 13.8 Å². The van der Waals surface area contributed by atoms with Crippen molar-refractivity contribution >= 4 is 71.0 Å². The Hall–Kier alpha value is -9.15. The van der Waals surface area contributed by atoms with Crippen molar-refractivity contribution in [2.75, 3.05) is 13.1 Å². The number of aromatic hydroxyl groups is 2. The molecular weight excluding hydrogens is 1060 g/mol. The van der Waals surface area contributed by atoms with Crippen LogP contribution in [-0.2, 0) is 76.8 Å². The lowest BCUT2D eigenvalue weighted by atomic mass is 9.99. The Balaban J connectivity index is 1.38. The Morgan fingerprint density at radius 3 is 1.48 bits per heavy atom. The van der Waals surface area contributed by atoms with Crippen LogP contribution in [0.5, 0.6) is 11.5 Å². The molecule has 9 atom stereocenters. The molecule has 17 N–H and O–H groups in total. The van der Waals surface area contributed by atoms with Crippen LogP contribution in [0.15, 0.2) is 61.1 Å². The summed E-state index contributed by atoms with van der Waals surface area (Å²) in [6, 6.07) is -2.67. The molecule has 81 heavy (non-hydrogen) atoms. The minimum Gasteiger partial charge on any atom is -0.508 e. The van der Waals surface area contributed by atoms with E-state index in [0.717, 1.165) is 6.42 Å². The third-order valence-electron chi connectivity index (χ3n) is 13.2. The molecule has 2 fully saturated rings. The smallest absolute Gasteiger partial charge is 0.326 e. The lowest BCUT2D eigenvalue weighted by Gasteiger charge is -2.29. The number of hydrogen-bond donors (Lipinski definition) is 15. The molecule has 0 spiro atoms. The van der Waals surface area contributed by atoms with Crippen LogP contribution >= 0.6 is 0 Å². The van der Waals surface area contributed by atoms with Gasteiger partial charge in [0.1, 0.15) is 59.8 Å². The number of primary amides is 2. The summed E-state index contributed by atoms with van der Waals surface area (Å²) in [5.41, 5.74) is 12.0. The number of hydrogen-bond acceptors (Lipinski definition) is 16. The Morgan fingerprint density at radius 1 is 0.593 bits per heavy atom. The highest BCUT2D eigenvalue weighted by Crippen LogP contribution is 2.22. The van der Waals surface area contributed by atoms with Crippen LogP contribution in [0.25, 0.3) is 0 Å². The van der Waals surface area contributed by atoms with Gasteiger partial charge >= 0.3 is 11.9 Å². The van der Waals surface area contributed by atoms with E-state index < -0.39 is 139 Å². The van der Waals surface area contributed by atoms with Crippen molar-refractivity contribution in [2.45, 2.75) is 139 Å². The quantitative estimate of drug-likeness (QED) is 0.0306. The second kappa shape index (κ2) is 29.7. The lowest BCUT2D eigenvalue weighted by molar-refractivity contribution is -0.143. The third kappa shape index (κ3) is 19.6.